The zero-order valence-electron chi connectivity index (χ0n) is 22.1. The minimum absolute atomic E-state index is 0.316. The van der Waals surface area contributed by atoms with Gasteiger partial charge in [-0.05, 0) is 61.4 Å². The second-order valence-electron chi connectivity index (χ2n) is 11.2. The molecule has 0 spiro atoms. The summed E-state index contributed by atoms with van der Waals surface area (Å²) in [5.41, 5.74) is 1.66. The Morgan fingerprint density at radius 1 is 0.605 bits per heavy atom. The van der Waals surface area contributed by atoms with Crippen LogP contribution in [-0.2, 0) is 9.47 Å². The lowest BCUT2D eigenvalue weighted by Crippen LogP contribution is -2.35. The van der Waals surface area contributed by atoms with Crippen LogP contribution < -0.4 is 0 Å². The molecule has 0 bridgehead atoms. The molecule has 6 rings (SSSR count). The molecule has 4 aromatic carbocycles. The first-order valence-corrected chi connectivity index (χ1v) is 13.0. The molecule has 2 aliphatic rings. The molecular weight excluding hydrogens is 476 g/mol. The lowest BCUT2D eigenvalue weighted by Gasteiger charge is -2.20. The Bertz CT molecular complexity index is 1490. The summed E-state index contributed by atoms with van der Waals surface area (Å²) in [6.07, 6.45) is 0. The first kappa shape index (κ1) is 24.6. The number of aliphatic imine (C=N–C) groups is 2. The number of hydrogen-bond acceptors (Lipinski definition) is 6. The summed E-state index contributed by atoms with van der Waals surface area (Å²) in [6.45, 7) is 7.66. The standard InChI is InChI=1S/C32H32N2O4/c1-31(2,35)25-17-37-29(33-25)23-15-13-19-9-5-7-11-21(19)27(23)28-22-12-8-6-10-20(22)14-16-24(28)30-34-26(18-38-30)32(3,4)36/h5-16,25-26,35-36H,17-18H2,1-4H3/t25-,26-/m0/s1. The predicted octanol–water partition coefficient (Wildman–Crippen LogP) is 5.49. The normalized spacial score (nSPS) is 19.8. The lowest BCUT2D eigenvalue weighted by molar-refractivity contribution is 0.0431. The molecule has 0 saturated carbocycles. The smallest absolute Gasteiger partial charge is 0.217 e. The second-order valence-corrected chi connectivity index (χ2v) is 11.2. The fourth-order valence-electron chi connectivity index (χ4n) is 5.20. The number of ether oxygens (including phenoxy) is 2. The number of fused-ring (bicyclic) bond motifs is 2. The second kappa shape index (κ2) is 8.93. The summed E-state index contributed by atoms with van der Waals surface area (Å²) in [5.74, 6) is 1.03. The third kappa shape index (κ3) is 4.24. The van der Waals surface area contributed by atoms with Crippen LogP contribution in [0, 0.1) is 0 Å². The van der Waals surface area contributed by atoms with Gasteiger partial charge in [0, 0.05) is 22.3 Å². The van der Waals surface area contributed by atoms with Crippen molar-refractivity contribution >= 4 is 33.3 Å². The van der Waals surface area contributed by atoms with Crippen molar-refractivity contribution in [3.05, 3.63) is 83.9 Å². The van der Waals surface area contributed by atoms with E-state index in [1.165, 1.54) is 0 Å². The Kier molecular flexibility index (Phi) is 5.78. The maximum atomic E-state index is 10.6. The molecule has 194 valence electrons. The molecule has 2 N–H and O–H groups in total. The van der Waals surface area contributed by atoms with E-state index >= 15 is 0 Å². The highest BCUT2D eigenvalue weighted by molar-refractivity contribution is 6.19. The number of hydrogen-bond donors (Lipinski definition) is 2. The first-order valence-electron chi connectivity index (χ1n) is 13.0. The van der Waals surface area contributed by atoms with Crippen molar-refractivity contribution in [1.82, 2.24) is 0 Å². The van der Waals surface area contributed by atoms with Crippen molar-refractivity contribution in [2.24, 2.45) is 9.98 Å². The molecule has 6 nitrogen and oxygen atoms in total. The molecule has 0 aliphatic carbocycles. The van der Waals surface area contributed by atoms with Crippen LogP contribution in [0.15, 0.2) is 82.8 Å². The van der Waals surface area contributed by atoms with Gasteiger partial charge in [-0.15, -0.1) is 0 Å². The van der Waals surface area contributed by atoms with E-state index in [1.807, 2.05) is 36.4 Å². The Hall–Kier alpha value is -3.74. The van der Waals surface area contributed by atoms with Crippen LogP contribution in [0.25, 0.3) is 32.7 Å². The highest BCUT2D eigenvalue weighted by atomic mass is 16.5. The quantitative estimate of drug-likeness (QED) is 0.373. The van der Waals surface area contributed by atoms with E-state index in [1.54, 1.807) is 27.7 Å². The van der Waals surface area contributed by atoms with Crippen LogP contribution >= 0.6 is 0 Å². The molecule has 0 radical (unpaired) electrons. The van der Waals surface area contributed by atoms with Crippen LogP contribution in [-0.4, -0.2) is 58.5 Å². The molecule has 2 heterocycles. The van der Waals surface area contributed by atoms with Gasteiger partial charge in [0.05, 0.1) is 11.2 Å². The van der Waals surface area contributed by atoms with Crippen molar-refractivity contribution in [2.45, 2.75) is 51.0 Å². The van der Waals surface area contributed by atoms with E-state index < -0.39 is 11.2 Å². The largest absolute Gasteiger partial charge is 0.475 e. The van der Waals surface area contributed by atoms with E-state index in [-0.39, 0.29) is 12.1 Å². The summed E-state index contributed by atoms with van der Waals surface area (Å²) in [5, 5.41) is 25.5. The summed E-state index contributed by atoms with van der Waals surface area (Å²) in [4.78, 5) is 9.65. The Labute approximate surface area is 222 Å². The minimum atomic E-state index is -0.998. The van der Waals surface area contributed by atoms with Gasteiger partial charge in [0.15, 0.2) is 0 Å². The minimum Gasteiger partial charge on any atom is -0.475 e. The molecule has 4 aromatic rings. The average Bonchev–Trinajstić information content (AvgIpc) is 3.58. The Balaban J connectivity index is 1.67. The van der Waals surface area contributed by atoms with Crippen molar-refractivity contribution in [2.75, 3.05) is 13.2 Å². The van der Waals surface area contributed by atoms with Crippen molar-refractivity contribution < 1.29 is 19.7 Å². The van der Waals surface area contributed by atoms with Crippen molar-refractivity contribution in [3.63, 3.8) is 0 Å². The maximum Gasteiger partial charge on any atom is 0.217 e. The number of aliphatic hydroxyl groups is 2. The molecule has 6 heteroatoms. The van der Waals surface area contributed by atoms with Crippen LogP contribution in [0.3, 0.4) is 0 Å². The van der Waals surface area contributed by atoms with Gasteiger partial charge in [0.25, 0.3) is 0 Å². The van der Waals surface area contributed by atoms with E-state index in [0.29, 0.717) is 25.0 Å². The topological polar surface area (TPSA) is 83.6 Å². The van der Waals surface area contributed by atoms with Crippen LogP contribution in [0.5, 0.6) is 0 Å². The number of benzene rings is 4. The molecule has 2 aliphatic heterocycles. The van der Waals surface area contributed by atoms with Crippen LogP contribution in [0.4, 0.5) is 0 Å². The molecule has 0 saturated heterocycles. The summed E-state index contributed by atoms with van der Waals surface area (Å²) >= 11 is 0. The van der Waals surface area contributed by atoms with Gasteiger partial charge in [-0.2, -0.15) is 0 Å². The van der Waals surface area contributed by atoms with Gasteiger partial charge in [0.2, 0.25) is 11.8 Å². The van der Waals surface area contributed by atoms with Crippen molar-refractivity contribution in [1.29, 1.82) is 0 Å². The number of nitrogens with zero attached hydrogens (tertiary/aromatic N) is 2. The Morgan fingerprint density at radius 2 is 1.00 bits per heavy atom. The SMILES string of the molecule is CC(C)(O)[C@@H]1COC(c2ccc3ccccc3c2-c2c(C3=N[C@H](C(C)(C)O)CO3)ccc3ccccc23)=N1. The monoisotopic (exact) mass is 508 g/mol. The lowest BCUT2D eigenvalue weighted by atomic mass is 9.86. The van der Waals surface area contributed by atoms with Gasteiger partial charge >= 0.3 is 0 Å². The molecular formula is C32H32N2O4. The van der Waals surface area contributed by atoms with E-state index in [4.69, 9.17) is 19.5 Å². The molecule has 0 amide bonds. The third-order valence-electron chi connectivity index (χ3n) is 7.50. The molecule has 0 fully saturated rings. The molecule has 0 unspecified atom stereocenters. The maximum absolute atomic E-state index is 10.6. The first-order chi connectivity index (χ1) is 18.1. The summed E-state index contributed by atoms with van der Waals surface area (Å²) in [6, 6.07) is 24.1. The average molecular weight is 509 g/mol. The third-order valence-corrected chi connectivity index (χ3v) is 7.50. The van der Waals surface area contributed by atoms with Gasteiger partial charge in [-0.1, -0.05) is 60.7 Å². The van der Waals surface area contributed by atoms with Crippen LogP contribution in [0.1, 0.15) is 38.8 Å². The van der Waals surface area contributed by atoms with Gasteiger partial charge < -0.3 is 19.7 Å². The predicted molar refractivity (Wildman–Crippen MR) is 152 cm³/mol. The van der Waals surface area contributed by atoms with E-state index in [2.05, 4.69) is 36.4 Å². The highest BCUT2D eigenvalue weighted by Crippen LogP contribution is 2.41. The summed E-state index contributed by atoms with van der Waals surface area (Å²) in [7, 11) is 0. The zero-order chi connectivity index (χ0) is 26.7. The summed E-state index contributed by atoms with van der Waals surface area (Å²) < 4.78 is 12.2. The molecule has 0 aromatic heterocycles. The fraction of sp³-hybridized carbons (Fsp3) is 0.312. The van der Waals surface area contributed by atoms with E-state index in [0.717, 1.165) is 43.8 Å². The highest BCUT2D eigenvalue weighted by Gasteiger charge is 2.36. The number of rotatable bonds is 5. The van der Waals surface area contributed by atoms with Gasteiger partial charge in [-0.3, -0.25) is 0 Å². The van der Waals surface area contributed by atoms with Gasteiger partial charge in [-0.25, -0.2) is 9.98 Å². The molecule has 2 atom stereocenters. The van der Waals surface area contributed by atoms with E-state index in [9.17, 15) is 10.2 Å². The van der Waals surface area contributed by atoms with Gasteiger partial charge in [0.1, 0.15) is 25.3 Å². The van der Waals surface area contributed by atoms with Crippen molar-refractivity contribution in [3.8, 4) is 11.1 Å². The Morgan fingerprint density at radius 3 is 1.37 bits per heavy atom. The molecule has 38 heavy (non-hydrogen) atoms. The van der Waals surface area contributed by atoms with Crippen LogP contribution in [0.2, 0.25) is 0 Å². The zero-order valence-corrected chi connectivity index (χ0v) is 22.1. The fourth-order valence-corrected chi connectivity index (χ4v) is 5.20.